The summed E-state index contributed by atoms with van der Waals surface area (Å²) in [5, 5.41) is 6.87. The van der Waals surface area contributed by atoms with E-state index in [4.69, 9.17) is 14.1 Å². The van der Waals surface area contributed by atoms with Crippen LogP contribution in [0.1, 0.15) is 12.5 Å². The minimum absolute atomic E-state index is 0.213. The first-order valence-electron chi connectivity index (χ1n) is 11.6. The number of H-pyrrole nitrogens is 1. The first kappa shape index (κ1) is 21.1. The van der Waals surface area contributed by atoms with Crippen molar-refractivity contribution in [2.45, 2.75) is 19.7 Å². The van der Waals surface area contributed by atoms with Gasteiger partial charge < -0.3 is 14.1 Å². The molecule has 2 N–H and O–H groups in total. The van der Waals surface area contributed by atoms with Gasteiger partial charge in [0, 0.05) is 47.0 Å². The highest BCUT2D eigenvalue weighted by Gasteiger charge is 2.15. The topological polar surface area (TPSA) is 76.0 Å². The molecule has 4 aromatic heterocycles. The molecule has 6 aromatic rings. The summed E-state index contributed by atoms with van der Waals surface area (Å²) in [4.78, 5) is 12.3. The number of ether oxygens (including phenoxy) is 1. The lowest BCUT2D eigenvalue weighted by atomic mass is 10.00. The molecule has 6 heteroatoms. The number of pyridine rings is 2. The Morgan fingerprint density at radius 3 is 2.86 bits per heavy atom. The highest BCUT2D eigenvalue weighted by atomic mass is 16.5. The molecule has 0 saturated carbocycles. The number of hydrogen-bond donors (Lipinski definition) is 2. The average Bonchev–Trinajstić information content (AvgIpc) is 3.58. The summed E-state index contributed by atoms with van der Waals surface area (Å²) < 4.78 is 11.9. The van der Waals surface area contributed by atoms with Crippen molar-refractivity contribution >= 4 is 21.7 Å². The normalized spacial score (nSPS) is 12.3. The lowest BCUT2D eigenvalue weighted by molar-refractivity contribution is 0.180. The van der Waals surface area contributed by atoms with Crippen LogP contribution in [0.5, 0.6) is 5.75 Å². The van der Waals surface area contributed by atoms with Crippen molar-refractivity contribution < 1.29 is 9.15 Å². The fourth-order valence-electron chi connectivity index (χ4n) is 4.37. The van der Waals surface area contributed by atoms with Gasteiger partial charge in [-0.25, -0.2) is 4.98 Å². The predicted molar refractivity (Wildman–Crippen MR) is 138 cm³/mol. The van der Waals surface area contributed by atoms with Crippen LogP contribution >= 0.6 is 0 Å². The number of aromatic amines is 1. The monoisotopic (exact) mass is 460 g/mol. The zero-order valence-electron chi connectivity index (χ0n) is 19.2. The SMILES string of the molecule is C[C@@H](NCc1c[nH]c2ccccc12)Oc1cnc(-c2ccco2)c(-c2ccc3cnccc3c2)c1. The third-order valence-corrected chi connectivity index (χ3v) is 6.14. The fraction of sp³-hybridized carbons (Fsp3) is 0.103. The lowest BCUT2D eigenvalue weighted by Gasteiger charge is -2.17. The van der Waals surface area contributed by atoms with E-state index < -0.39 is 0 Å². The average molecular weight is 461 g/mol. The zero-order valence-corrected chi connectivity index (χ0v) is 19.2. The van der Waals surface area contributed by atoms with E-state index in [-0.39, 0.29) is 6.23 Å². The molecule has 0 unspecified atom stereocenters. The number of para-hydroxylation sites is 1. The van der Waals surface area contributed by atoms with E-state index in [1.807, 2.05) is 49.6 Å². The Morgan fingerprint density at radius 1 is 1.00 bits per heavy atom. The molecule has 0 aliphatic heterocycles. The van der Waals surface area contributed by atoms with Crippen LogP contribution in [0.4, 0.5) is 0 Å². The molecule has 0 spiro atoms. The molecule has 6 nitrogen and oxygen atoms in total. The van der Waals surface area contributed by atoms with Gasteiger partial charge in [0.2, 0.25) is 0 Å². The fourth-order valence-corrected chi connectivity index (χ4v) is 4.37. The maximum atomic E-state index is 6.22. The Balaban J connectivity index is 1.27. The standard InChI is InChI=1S/C29H24N4O2/c1-19(31-16-23-17-32-27-6-3-2-5-25(23)27)35-24-14-26(29(33-18-24)28-7-4-12-34-28)21-8-9-22-15-30-11-10-20(22)13-21/h2-15,17-19,31-32H,16H2,1H3/t19-/m0/s1. The minimum atomic E-state index is -0.213. The Kier molecular flexibility index (Phi) is 5.48. The largest absolute Gasteiger partial charge is 0.474 e. The van der Waals surface area contributed by atoms with Gasteiger partial charge in [0.25, 0.3) is 0 Å². The first-order chi connectivity index (χ1) is 17.2. The number of rotatable bonds is 7. The van der Waals surface area contributed by atoms with Gasteiger partial charge in [-0.2, -0.15) is 0 Å². The number of nitrogens with zero attached hydrogens (tertiary/aromatic N) is 2. The molecule has 6 rings (SSSR count). The van der Waals surface area contributed by atoms with Gasteiger partial charge in [0.1, 0.15) is 17.7 Å². The smallest absolute Gasteiger partial charge is 0.152 e. The number of furan rings is 1. The summed E-state index contributed by atoms with van der Waals surface area (Å²) in [6.45, 7) is 2.69. The summed E-state index contributed by atoms with van der Waals surface area (Å²) in [6, 6.07) is 22.4. The third kappa shape index (κ3) is 4.27. The van der Waals surface area contributed by atoms with Crippen LogP contribution in [0.2, 0.25) is 0 Å². The van der Waals surface area contributed by atoms with Gasteiger partial charge in [0.05, 0.1) is 12.5 Å². The van der Waals surface area contributed by atoms with Gasteiger partial charge in [0.15, 0.2) is 5.76 Å². The summed E-state index contributed by atoms with van der Waals surface area (Å²) in [7, 11) is 0. The number of fused-ring (bicyclic) bond motifs is 2. The second-order valence-electron chi connectivity index (χ2n) is 8.48. The zero-order chi connectivity index (χ0) is 23.6. The highest BCUT2D eigenvalue weighted by Crippen LogP contribution is 2.35. The van der Waals surface area contributed by atoms with E-state index in [0.717, 1.165) is 33.1 Å². The molecule has 0 radical (unpaired) electrons. The van der Waals surface area contributed by atoms with Crippen molar-refractivity contribution in [3.8, 4) is 28.3 Å². The maximum Gasteiger partial charge on any atom is 0.152 e. The Hall–Kier alpha value is -4.42. The van der Waals surface area contributed by atoms with E-state index in [1.54, 1.807) is 18.7 Å². The Morgan fingerprint density at radius 2 is 1.94 bits per heavy atom. The molecule has 35 heavy (non-hydrogen) atoms. The lowest BCUT2D eigenvalue weighted by Crippen LogP contribution is -2.30. The first-order valence-corrected chi connectivity index (χ1v) is 11.6. The Bertz CT molecular complexity index is 1600. The second-order valence-corrected chi connectivity index (χ2v) is 8.48. The van der Waals surface area contributed by atoms with Gasteiger partial charge in [-0.1, -0.05) is 30.3 Å². The quantitative estimate of drug-likeness (QED) is 0.264. The van der Waals surface area contributed by atoms with E-state index >= 15 is 0 Å². The molecule has 0 saturated heterocycles. The summed E-state index contributed by atoms with van der Waals surface area (Å²) >= 11 is 0. The maximum absolute atomic E-state index is 6.22. The van der Waals surface area contributed by atoms with Crippen molar-refractivity contribution in [1.29, 1.82) is 0 Å². The molecule has 0 aliphatic rings. The molecule has 172 valence electrons. The van der Waals surface area contributed by atoms with Crippen LogP contribution in [0.15, 0.2) is 102 Å². The van der Waals surface area contributed by atoms with Crippen LogP contribution < -0.4 is 10.1 Å². The molecule has 2 aromatic carbocycles. The van der Waals surface area contributed by atoms with E-state index in [0.29, 0.717) is 18.1 Å². The molecule has 1 atom stereocenters. The summed E-state index contributed by atoms with van der Waals surface area (Å²) in [6.07, 6.45) is 8.90. The highest BCUT2D eigenvalue weighted by molar-refractivity contribution is 5.89. The molecular weight excluding hydrogens is 436 g/mol. The van der Waals surface area contributed by atoms with Crippen LogP contribution in [0, 0.1) is 0 Å². The molecule has 0 bridgehead atoms. The molecule has 0 aliphatic carbocycles. The van der Waals surface area contributed by atoms with Crippen LogP contribution in [0.3, 0.4) is 0 Å². The van der Waals surface area contributed by atoms with Crippen LogP contribution in [0.25, 0.3) is 44.3 Å². The molecule has 0 amide bonds. The van der Waals surface area contributed by atoms with Crippen LogP contribution in [-0.4, -0.2) is 21.2 Å². The van der Waals surface area contributed by atoms with Crippen molar-refractivity contribution in [2.75, 3.05) is 0 Å². The second kappa shape index (κ2) is 9.08. The minimum Gasteiger partial charge on any atom is -0.474 e. The predicted octanol–water partition coefficient (Wildman–Crippen LogP) is 6.55. The summed E-state index contributed by atoms with van der Waals surface area (Å²) in [5.41, 5.74) is 5.09. The van der Waals surface area contributed by atoms with Crippen molar-refractivity contribution in [2.24, 2.45) is 0 Å². The van der Waals surface area contributed by atoms with Crippen molar-refractivity contribution in [1.82, 2.24) is 20.3 Å². The number of nitrogens with one attached hydrogen (secondary N) is 2. The van der Waals surface area contributed by atoms with Crippen LogP contribution in [-0.2, 0) is 6.54 Å². The van der Waals surface area contributed by atoms with Crippen molar-refractivity contribution in [3.05, 3.63) is 103 Å². The van der Waals surface area contributed by atoms with E-state index in [2.05, 4.69) is 51.7 Å². The number of hydrogen-bond acceptors (Lipinski definition) is 5. The molecule has 4 heterocycles. The molecular formula is C29H24N4O2. The summed E-state index contributed by atoms with van der Waals surface area (Å²) in [5.74, 6) is 1.40. The van der Waals surface area contributed by atoms with Gasteiger partial charge in [-0.15, -0.1) is 0 Å². The van der Waals surface area contributed by atoms with Gasteiger partial charge in [-0.05, 0) is 59.8 Å². The molecule has 0 fully saturated rings. The number of benzene rings is 2. The van der Waals surface area contributed by atoms with E-state index in [1.165, 1.54) is 10.9 Å². The Labute approximate surface area is 202 Å². The number of aromatic nitrogens is 3. The third-order valence-electron chi connectivity index (χ3n) is 6.14. The van der Waals surface area contributed by atoms with Crippen molar-refractivity contribution in [3.63, 3.8) is 0 Å². The van der Waals surface area contributed by atoms with Gasteiger partial charge in [-0.3, -0.25) is 10.3 Å². The van der Waals surface area contributed by atoms with Gasteiger partial charge >= 0.3 is 0 Å². The van der Waals surface area contributed by atoms with E-state index in [9.17, 15) is 0 Å².